The van der Waals surface area contributed by atoms with E-state index in [1.54, 1.807) is 11.1 Å². The van der Waals surface area contributed by atoms with Gasteiger partial charge in [-0.05, 0) is 49.1 Å². The van der Waals surface area contributed by atoms with Crippen molar-refractivity contribution in [1.29, 1.82) is 0 Å². The van der Waals surface area contributed by atoms with E-state index in [0.717, 1.165) is 18.8 Å². The molecule has 2 heteroatoms. The molecular weight excluding hydrogens is 236 g/mol. The van der Waals surface area contributed by atoms with Crippen molar-refractivity contribution in [2.45, 2.75) is 63.7 Å². The third-order valence-corrected chi connectivity index (χ3v) is 4.19. The maximum absolute atomic E-state index is 10.4. The predicted octanol–water partition coefficient (Wildman–Crippen LogP) is 4.53. The van der Waals surface area contributed by atoms with Crippen LogP contribution in [0.25, 0.3) is 0 Å². The first-order valence-corrected chi connectivity index (χ1v) is 7.57. The summed E-state index contributed by atoms with van der Waals surface area (Å²) in [7, 11) is 0. The van der Waals surface area contributed by atoms with E-state index in [2.05, 4.69) is 24.3 Å². The SMILES string of the molecule is O=C(O)CCCCCCC1CCCc2ccccc21. The lowest BCUT2D eigenvalue weighted by Gasteiger charge is -2.25. The average molecular weight is 260 g/mol. The Bertz CT molecular complexity index is 411. The molecule has 1 aromatic carbocycles. The van der Waals surface area contributed by atoms with Gasteiger partial charge in [-0.25, -0.2) is 0 Å². The van der Waals surface area contributed by atoms with Crippen LogP contribution in [-0.2, 0) is 11.2 Å². The number of carboxylic acids is 1. The maximum atomic E-state index is 10.4. The summed E-state index contributed by atoms with van der Waals surface area (Å²) < 4.78 is 0. The summed E-state index contributed by atoms with van der Waals surface area (Å²) in [5.41, 5.74) is 3.11. The highest BCUT2D eigenvalue weighted by molar-refractivity contribution is 5.66. The number of hydrogen-bond donors (Lipinski definition) is 1. The molecule has 0 fully saturated rings. The van der Waals surface area contributed by atoms with E-state index < -0.39 is 5.97 Å². The number of benzene rings is 1. The minimum atomic E-state index is -0.666. The molecule has 1 atom stereocenters. The predicted molar refractivity (Wildman–Crippen MR) is 77.5 cm³/mol. The van der Waals surface area contributed by atoms with Gasteiger partial charge in [0.25, 0.3) is 0 Å². The lowest BCUT2D eigenvalue weighted by molar-refractivity contribution is -0.137. The normalized spacial score (nSPS) is 18.0. The fourth-order valence-electron chi connectivity index (χ4n) is 3.17. The van der Waals surface area contributed by atoms with Crippen LogP contribution in [0.5, 0.6) is 0 Å². The van der Waals surface area contributed by atoms with Gasteiger partial charge in [0, 0.05) is 6.42 Å². The molecule has 2 rings (SSSR count). The molecule has 1 unspecified atom stereocenters. The van der Waals surface area contributed by atoms with Crippen molar-refractivity contribution in [1.82, 2.24) is 0 Å². The molecule has 1 aromatic rings. The topological polar surface area (TPSA) is 37.3 Å². The number of carboxylic acid groups (broad SMARTS) is 1. The van der Waals surface area contributed by atoms with Gasteiger partial charge >= 0.3 is 5.97 Å². The molecule has 1 N–H and O–H groups in total. The van der Waals surface area contributed by atoms with Gasteiger partial charge in [0.05, 0.1) is 0 Å². The number of fused-ring (bicyclic) bond motifs is 1. The van der Waals surface area contributed by atoms with Gasteiger partial charge in [-0.15, -0.1) is 0 Å². The molecule has 19 heavy (non-hydrogen) atoms. The van der Waals surface area contributed by atoms with Gasteiger partial charge in [-0.3, -0.25) is 4.79 Å². The third-order valence-electron chi connectivity index (χ3n) is 4.19. The van der Waals surface area contributed by atoms with Crippen molar-refractivity contribution in [2.24, 2.45) is 0 Å². The van der Waals surface area contributed by atoms with Crippen LogP contribution in [0.15, 0.2) is 24.3 Å². The van der Waals surface area contributed by atoms with E-state index in [4.69, 9.17) is 5.11 Å². The summed E-state index contributed by atoms with van der Waals surface area (Å²) in [4.78, 5) is 10.4. The van der Waals surface area contributed by atoms with Crippen LogP contribution in [-0.4, -0.2) is 11.1 Å². The van der Waals surface area contributed by atoms with E-state index >= 15 is 0 Å². The molecule has 0 saturated heterocycles. The second-order valence-corrected chi connectivity index (χ2v) is 5.63. The van der Waals surface area contributed by atoms with Gasteiger partial charge in [-0.2, -0.15) is 0 Å². The number of hydrogen-bond acceptors (Lipinski definition) is 1. The summed E-state index contributed by atoms with van der Waals surface area (Å²) >= 11 is 0. The molecule has 0 saturated carbocycles. The van der Waals surface area contributed by atoms with Crippen LogP contribution in [0.3, 0.4) is 0 Å². The Kier molecular flexibility index (Phi) is 5.44. The van der Waals surface area contributed by atoms with E-state index in [-0.39, 0.29) is 0 Å². The molecule has 0 aliphatic heterocycles. The summed E-state index contributed by atoms with van der Waals surface area (Å²) in [6, 6.07) is 8.87. The minimum Gasteiger partial charge on any atom is -0.481 e. The minimum absolute atomic E-state index is 0.326. The molecule has 104 valence electrons. The van der Waals surface area contributed by atoms with Crippen LogP contribution < -0.4 is 0 Å². The standard InChI is InChI=1S/C17H24O2/c18-17(19)13-4-2-1-3-8-14-10-7-11-15-9-5-6-12-16(14)15/h5-6,9,12,14H,1-4,7-8,10-11,13H2,(H,18,19). The van der Waals surface area contributed by atoms with Gasteiger partial charge in [0.2, 0.25) is 0 Å². The zero-order chi connectivity index (χ0) is 13.5. The van der Waals surface area contributed by atoms with Gasteiger partial charge in [0.15, 0.2) is 0 Å². The second kappa shape index (κ2) is 7.32. The first kappa shape index (κ1) is 14.1. The largest absolute Gasteiger partial charge is 0.481 e. The van der Waals surface area contributed by atoms with Crippen molar-refractivity contribution >= 4 is 5.97 Å². The Hall–Kier alpha value is -1.31. The van der Waals surface area contributed by atoms with Gasteiger partial charge in [-0.1, -0.05) is 43.5 Å². The molecule has 1 aliphatic rings. The molecule has 0 heterocycles. The molecule has 0 aromatic heterocycles. The van der Waals surface area contributed by atoms with Gasteiger partial charge < -0.3 is 5.11 Å². The quantitative estimate of drug-likeness (QED) is 0.731. The Morgan fingerprint density at radius 3 is 2.79 bits per heavy atom. The summed E-state index contributed by atoms with van der Waals surface area (Å²) in [6.45, 7) is 0. The van der Waals surface area contributed by atoms with E-state index in [0.29, 0.717) is 6.42 Å². The highest BCUT2D eigenvalue weighted by atomic mass is 16.4. The average Bonchev–Trinajstić information content (AvgIpc) is 2.42. The molecule has 1 aliphatic carbocycles. The molecule has 2 nitrogen and oxygen atoms in total. The number of unbranched alkanes of at least 4 members (excludes halogenated alkanes) is 3. The monoisotopic (exact) mass is 260 g/mol. The maximum Gasteiger partial charge on any atom is 0.303 e. The van der Waals surface area contributed by atoms with Crippen LogP contribution in [0, 0.1) is 0 Å². The molecule has 0 spiro atoms. The van der Waals surface area contributed by atoms with Crippen LogP contribution >= 0.6 is 0 Å². The molecule has 0 bridgehead atoms. The highest BCUT2D eigenvalue weighted by Gasteiger charge is 2.18. The highest BCUT2D eigenvalue weighted by Crippen LogP contribution is 2.35. The number of rotatable bonds is 7. The van der Waals surface area contributed by atoms with Crippen LogP contribution in [0.4, 0.5) is 0 Å². The van der Waals surface area contributed by atoms with Crippen molar-refractivity contribution in [3.63, 3.8) is 0 Å². The van der Waals surface area contributed by atoms with E-state index in [1.165, 1.54) is 38.5 Å². The van der Waals surface area contributed by atoms with Crippen LogP contribution in [0.2, 0.25) is 0 Å². The Morgan fingerprint density at radius 2 is 1.95 bits per heavy atom. The van der Waals surface area contributed by atoms with Crippen molar-refractivity contribution < 1.29 is 9.90 Å². The fraction of sp³-hybridized carbons (Fsp3) is 0.588. The van der Waals surface area contributed by atoms with Crippen molar-refractivity contribution in [3.8, 4) is 0 Å². The lowest BCUT2D eigenvalue weighted by atomic mass is 9.80. The zero-order valence-electron chi connectivity index (χ0n) is 11.6. The molecular formula is C17H24O2. The number of aryl methyl sites for hydroxylation is 1. The Morgan fingerprint density at radius 1 is 1.16 bits per heavy atom. The third kappa shape index (κ3) is 4.38. The summed E-state index contributed by atoms with van der Waals surface area (Å²) in [6.07, 6.45) is 9.77. The molecule has 0 amide bonds. The zero-order valence-corrected chi connectivity index (χ0v) is 11.6. The Labute approximate surface area is 115 Å². The second-order valence-electron chi connectivity index (χ2n) is 5.63. The van der Waals surface area contributed by atoms with E-state index in [9.17, 15) is 4.79 Å². The van der Waals surface area contributed by atoms with Crippen LogP contribution in [0.1, 0.15) is 68.4 Å². The summed E-state index contributed by atoms with van der Waals surface area (Å²) in [5, 5.41) is 8.58. The van der Waals surface area contributed by atoms with Crippen molar-refractivity contribution in [3.05, 3.63) is 35.4 Å². The lowest BCUT2D eigenvalue weighted by Crippen LogP contribution is -2.09. The number of aliphatic carboxylic acids is 1. The molecule has 0 radical (unpaired) electrons. The van der Waals surface area contributed by atoms with E-state index in [1.807, 2.05) is 0 Å². The number of carbonyl (C=O) groups is 1. The first-order valence-electron chi connectivity index (χ1n) is 7.57. The fourth-order valence-corrected chi connectivity index (χ4v) is 3.17. The Balaban J connectivity index is 1.71. The summed E-state index contributed by atoms with van der Waals surface area (Å²) in [5.74, 6) is 0.0747. The van der Waals surface area contributed by atoms with Crippen molar-refractivity contribution in [2.75, 3.05) is 0 Å². The van der Waals surface area contributed by atoms with Gasteiger partial charge in [0.1, 0.15) is 0 Å². The smallest absolute Gasteiger partial charge is 0.303 e. The first-order chi connectivity index (χ1) is 9.27.